The normalized spacial score (nSPS) is 14.0. The van der Waals surface area contributed by atoms with E-state index in [1.54, 1.807) is 4.68 Å². The molecule has 1 atom stereocenters. The minimum Gasteiger partial charge on any atom is -0.384 e. The number of hydrogen-bond acceptors (Lipinski definition) is 2. The van der Waals surface area contributed by atoms with Gasteiger partial charge in [-0.3, -0.25) is 4.68 Å². The highest BCUT2D eigenvalue weighted by Gasteiger charge is 2.25. The van der Waals surface area contributed by atoms with Crippen molar-refractivity contribution in [3.05, 3.63) is 29.6 Å². The minimum absolute atomic E-state index is 0.0625. The molecule has 0 aliphatic carbocycles. The number of rotatable bonds is 2. The molecular weight excluding hydrogens is 188 g/mol. The van der Waals surface area contributed by atoms with Crippen molar-refractivity contribution in [2.75, 3.05) is 0 Å². The SMILES string of the molecule is C=C(C)C(O)c1cn(C)nc1C(C)(C)C. The second-order valence-corrected chi connectivity index (χ2v) is 5.11. The van der Waals surface area contributed by atoms with E-state index in [2.05, 4.69) is 32.4 Å². The average molecular weight is 208 g/mol. The number of aliphatic hydroxyl groups excluding tert-OH is 1. The Bertz CT molecular complexity index is 371. The Balaban J connectivity index is 3.24. The van der Waals surface area contributed by atoms with Crippen molar-refractivity contribution in [2.45, 2.75) is 39.2 Å². The van der Waals surface area contributed by atoms with Gasteiger partial charge in [-0.05, 0) is 12.5 Å². The molecule has 0 saturated heterocycles. The summed E-state index contributed by atoms with van der Waals surface area (Å²) < 4.78 is 1.74. The lowest BCUT2D eigenvalue weighted by molar-refractivity contribution is 0.213. The van der Waals surface area contributed by atoms with E-state index in [9.17, 15) is 5.11 Å². The molecule has 1 unspecified atom stereocenters. The molecule has 3 nitrogen and oxygen atoms in total. The number of aromatic nitrogens is 2. The lowest BCUT2D eigenvalue weighted by Crippen LogP contribution is -2.16. The van der Waals surface area contributed by atoms with Gasteiger partial charge in [0.1, 0.15) is 6.10 Å². The molecule has 1 N–H and O–H groups in total. The second kappa shape index (κ2) is 3.81. The van der Waals surface area contributed by atoms with Gasteiger partial charge in [0.25, 0.3) is 0 Å². The van der Waals surface area contributed by atoms with Gasteiger partial charge < -0.3 is 5.11 Å². The molecule has 1 aromatic heterocycles. The summed E-state index contributed by atoms with van der Waals surface area (Å²) in [7, 11) is 1.86. The summed E-state index contributed by atoms with van der Waals surface area (Å²) in [5.74, 6) is 0. The highest BCUT2D eigenvalue weighted by molar-refractivity contribution is 5.30. The fourth-order valence-electron chi connectivity index (χ4n) is 1.56. The quantitative estimate of drug-likeness (QED) is 0.757. The van der Waals surface area contributed by atoms with Crippen LogP contribution in [0, 0.1) is 0 Å². The molecule has 15 heavy (non-hydrogen) atoms. The first-order valence-corrected chi connectivity index (χ1v) is 5.11. The van der Waals surface area contributed by atoms with Crippen LogP contribution < -0.4 is 0 Å². The Labute approximate surface area is 91.4 Å². The first-order chi connectivity index (χ1) is 6.73. The topological polar surface area (TPSA) is 38.0 Å². The van der Waals surface area contributed by atoms with Crippen LogP contribution in [0.25, 0.3) is 0 Å². The molecule has 84 valence electrons. The smallest absolute Gasteiger partial charge is 0.103 e. The third kappa shape index (κ3) is 2.48. The number of aliphatic hydroxyl groups is 1. The fourth-order valence-corrected chi connectivity index (χ4v) is 1.56. The maximum absolute atomic E-state index is 10.0. The second-order valence-electron chi connectivity index (χ2n) is 5.11. The summed E-state index contributed by atoms with van der Waals surface area (Å²) in [6.07, 6.45) is 1.24. The Hall–Kier alpha value is -1.09. The zero-order valence-corrected chi connectivity index (χ0v) is 10.2. The summed E-state index contributed by atoms with van der Waals surface area (Å²) in [5, 5.41) is 14.4. The van der Waals surface area contributed by atoms with Gasteiger partial charge in [-0.25, -0.2) is 0 Å². The van der Waals surface area contributed by atoms with E-state index >= 15 is 0 Å². The molecule has 1 heterocycles. The first-order valence-electron chi connectivity index (χ1n) is 5.11. The van der Waals surface area contributed by atoms with Crippen molar-refractivity contribution in [3.8, 4) is 0 Å². The van der Waals surface area contributed by atoms with Crippen molar-refractivity contribution >= 4 is 0 Å². The molecule has 0 aliphatic rings. The van der Waals surface area contributed by atoms with Crippen LogP contribution in [0.15, 0.2) is 18.3 Å². The van der Waals surface area contributed by atoms with Gasteiger partial charge in [0.05, 0.1) is 5.69 Å². The minimum atomic E-state index is -0.618. The lowest BCUT2D eigenvalue weighted by atomic mass is 9.87. The van der Waals surface area contributed by atoms with Crippen LogP contribution in [0.4, 0.5) is 0 Å². The molecule has 1 rings (SSSR count). The van der Waals surface area contributed by atoms with Gasteiger partial charge >= 0.3 is 0 Å². The van der Waals surface area contributed by atoms with Crippen LogP contribution in [-0.2, 0) is 12.5 Å². The van der Waals surface area contributed by atoms with E-state index < -0.39 is 6.10 Å². The Morgan fingerprint density at radius 1 is 1.53 bits per heavy atom. The fraction of sp³-hybridized carbons (Fsp3) is 0.583. The predicted octanol–water partition coefficient (Wildman–Crippen LogP) is 2.33. The van der Waals surface area contributed by atoms with E-state index in [1.165, 1.54) is 0 Å². The molecule has 3 heteroatoms. The van der Waals surface area contributed by atoms with Gasteiger partial charge in [0.15, 0.2) is 0 Å². The van der Waals surface area contributed by atoms with Gasteiger partial charge in [0, 0.05) is 24.2 Å². The summed E-state index contributed by atoms with van der Waals surface area (Å²) >= 11 is 0. The van der Waals surface area contributed by atoms with E-state index in [0.29, 0.717) is 0 Å². The molecular formula is C12H20N2O. The zero-order valence-electron chi connectivity index (χ0n) is 10.2. The Kier molecular flexibility index (Phi) is 3.05. The number of nitrogens with zero attached hydrogens (tertiary/aromatic N) is 2. The van der Waals surface area contributed by atoms with Crippen molar-refractivity contribution in [3.63, 3.8) is 0 Å². The van der Waals surface area contributed by atoms with Crippen LogP contribution in [0.3, 0.4) is 0 Å². The monoisotopic (exact) mass is 208 g/mol. The summed E-state index contributed by atoms with van der Waals surface area (Å²) in [5.41, 5.74) is 2.47. The van der Waals surface area contributed by atoms with E-state index in [-0.39, 0.29) is 5.41 Å². The number of hydrogen-bond donors (Lipinski definition) is 1. The van der Waals surface area contributed by atoms with Crippen LogP contribution >= 0.6 is 0 Å². The third-order valence-corrected chi connectivity index (χ3v) is 2.33. The highest BCUT2D eigenvalue weighted by atomic mass is 16.3. The molecule has 0 bridgehead atoms. The van der Waals surface area contributed by atoms with E-state index in [0.717, 1.165) is 16.8 Å². The average Bonchev–Trinajstić information content (AvgIpc) is 2.44. The number of aryl methyl sites for hydroxylation is 1. The van der Waals surface area contributed by atoms with Crippen LogP contribution in [0.5, 0.6) is 0 Å². The zero-order chi connectivity index (χ0) is 11.8. The van der Waals surface area contributed by atoms with Crippen molar-refractivity contribution in [1.82, 2.24) is 9.78 Å². The van der Waals surface area contributed by atoms with Crippen molar-refractivity contribution < 1.29 is 5.11 Å². The van der Waals surface area contributed by atoms with Gasteiger partial charge in [-0.1, -0.05) is 27.4 Å². The Morgan fingerprint density at radius 3 is 2.47 bits per heavy atom. The molecule has 0 aromatic carbocycles. The molecule has 0 spiro atoms. The first kappa shape index (κ1) is 12.0. The largest absolute Gasteiger partial charge is 0.384 e. The molecule has 1 aromatic rings. The summed E-state index contributed by atoms with van der Waals surface area (Å²) in [6.45, 7) is 11.9. The van der Waals surface area contributed by atoms with Crippen LogP contribution in [-0.4, -0.2) is 14.9 Å². The molecule has 0 radical (unpaired) electrons. The summed E-state index contributed by atoms with van der Waals surface area (Å²) in [6, 6.07) is 0. The van der Waals surface area contributed by atoms with Crippen molar-refractivity contribution in [1.29, 1.82) is 0 Å². The van der Waals surface area contributed by atoms with E-state index in [1.807, 2.05) is 20.2 Å². The van der Waals surface area contributed by atoms with Crippen LogP contribution in [0.1, 0.15) is 45.1 Å². The predicted molar refractivity (Wildman–Crippen MR) is 61.7 cm³/mol. The van der Waals surface area contributed by atoms with Gasteiger partial charge in [0.2, 0.25) is 0 Å². The van der Waals surface area contributed by atoms with E-state index in [4.69, 9.17) is 0 Å². The maximum Gasteiger partial charge on any atom is 0.103 e. The third-order valence-electron chi connectivity index (χ3n) is 2.33. The lowest BCUT2D eigenvalue weighted by Gasteiger charge is -2.19. The molecule has 0 fully saturated rings. The van der Waals surface area contributed by atoms with Crippen molar-refractivity contribution in [2.24, 2.45) is 7.05 Å². The molecule has 0 saturated carbocycles. The Morgan fingerprint density at radius 2 is 2.07 bits per heavy atom. The van der Waals surface area contributed by atoms with Gasteiger partial charge in [-0.2, -0.15) is 5.10 Å². The highest BCUT2D eigenvalue weighted by Crippen LogP contribution is 2.30. The standard InChI is InChI=1S/C12H20N2O/c1-8(2)10(15)9-7-14(6)13-11(9)12(3,4)5/h7,10,15H,1H2,2-6H3. The van der Waals surface area contributed by atoms with Crippen LogP contribution in [0.2, 0.25) is 0 Å². The molecule has 0 amide bonds. The molecule has 0 aliphatic heterocycles. The summed E-state index contributed by atoms with van der Waals surface area (Å²) in [4.78, 5) is 0. The maximum atomic E-state index is 10.0. The van der Waals surface area contributed by atoms with Gasteiger partial charge in [-0.15, -0.1) is 0 Å².